The van der Waals surface area contributed by atoms with Crippen molar-refractivity contribution in [2.45, 2.75) is 30.8 Å². The summed E-state index contributed by atoms with van der Waals surface area (Å²) in [4.78, 5) is 11.3. The van der Waals surface area contributed by atoms with Gasteiger partial charge in [0.1, 0.15) is 31.0 Å². The molecule has 0 aliphatic carbocycles. The third-order valence-electron chi connectivity index (χ3n) is 4.22. The molecule has 10 heteroatoms. The van der Waals surface area contributed by atoms with Crippen LogP contribution in [0, 0.1) is 11.3 Å². The average Bonchev–Trinajstić information content (AvgIpc) is 3.16. The maximum atomic E-state index is 11.3. The van der Waals surface area contributed by atoms with Gasteiger partial charge >= 0.3 is 6.16 Å². The number of aromatic nitrogens is 2. The summed E-state index contributed by atoms with van der Waals surface area (Å²) in [6.45, 7) is 1.35. The summed E-state index contributed by atoms with van der Waals surface area (Å²) in [7, 11) is 0. The first-order chi connectivity index (χ1) is 12.4. The summed E-state index contributed by atoms with van der Waals surface area (Å²) in [6.07, 6.45) is -3.67. The number of nitrogen functional groups attached to an aromatic ring is 1. The fraction of sp³-hybridized carbons (Fsp3) is 0.438. The van der Waals surface area contributed by atoms with Crippen LogP contribution in [-0.4, -0.2) is 57.5 Å². The lowest BCUT2D eigenvalue weighted by atomic mass is 9.92. The van der Waals surface area contributed by atoms with E-state index >= 15 is 0 Å². The van der Waals surface area contributed by atoms with Gasteiger partial charge in [0.15, 0.2) is 0 Å². The van der Waals surface area contributed by atoms with Crippen LogP contribution in [0.25, 0.3) is 5.52 Å². The molecule has 0 aromatic carbocycles. The molecule has 1 saturated heterocycles. The molecule has 0 bridgehead atoms. The molecule has 26 heavy (non-hydrogen) atoms. The predicted molar refractivity (Wildman–Crippen MR) is 86.8 cm³/mol. The van der Waals surface area contributed by atoms with E-state index in [0.29, 0.717) is 11.2 Å². The second-order valence-electron chi connectivity index (χ2n) is 5.74. The molecule has 0 amide bonds. The van der Waals surface area contributed by atoms with E-state index in [4.69, 9.17) is 15.2 Å². The second kappa shape index (κ2) is 6.80. The molecule has 138 valence electrons. The van der Waals surface area contributed by atoms with Crippen LogP contribution in [0.1, 0.15) is 12.6 Å². The first-order valence-corrected chi connectivity index (χ1v) is 7.92. The number of nitrogens with two attached hydrogens (primary N) is 1. The van der Waals surface area contributed by atoms with Gasteiger partial charge < -0.3 is 30.2 Å². The SMILES string of the molecule is CCOC(=O)OC[C@H]1O[C@@](C#N)(c2ccc3c(N)ccnn23)[C@H](O)[C@@H]1O. The lowest BCUT2D eigenvalue weighted by Gasteiger charge is -2.24. The molecule has 3 rings (SSSR count). The van der Waals surface area contributed by atoms with Gasteiger partial charge in [-0.25, -0.2) is 9.31 Å². The van der Waals surface area contributed by atoms with E-state index in [-0.39, 0.29) is 18.9 Å². The van der Waals surface area contributed by atoms with Crippen molar-refractivity contribution in [3.8, 4) is 6.07 Å². The van der Waals surface area contributed by atoms with Crippen molar-refractivity contribution in [2.75, 3.05) is 18.9 Å². The highest BCUT2D eigenvalue weighted by atomic mass is 16.7. The van der Waals surface area contributed by atoms with Gasteiger partial charge in [-0.3, -0.25) is 0 Å². The molecule has 2 aromatic heterocycles. The summed E-state index contributed by atoms with van der Waals surface area (Å²) >= 11 is 0. The Morgan fingerprint density at radius 1 is 1.46 bits per heavy atom. The lowest BCUT2D eigenvalue weighted by Crippen LogP contribution is -2.41. The van der Waals surface area contributed by atoms with Crippen molar-refractivity contribution in [2.24, 2.45) is 0 Å². The minimum atomic E-state index is -1.91. The molecule has 2 aromatic rings. The first-order valence-electron chi connectivity index (χ1n) is 7.92. The lowest BCUT2D eigenvalue weighted by molar-refractivity contribution is -0.0717. The molecule has 0 spiro atoms. The quantitative estimate of drug-likeness (QED) is 0.634. The fourth-order valence-electron chi connectivity index (χ4n) is 2.94. The van der Waals surface area contributed by atoms with Crippen molar-refractivity contribution < 1.29 is 29.2 Å². The molecule has 10 nitrogen and oxygen atoms in total. The normalized spacial score (nSPS) is 28.0. The van der Waals surface area contributed by atoms with Gasteiger partial charge in [-0.1, -0.05) is 0 Å². The fourth-order valence-corrected chi connectivity index (χ4v) is 2.94. The van der Waals surface area contributed by atoms with Crippen LogP contribution in [0.2, 0.25) is 0 Å². The Labute approximate surface area is 148 Å². The number of ether oxygens (including phenoxy) is 3. The Bertz CT molecular complexity index is 862. The maximum Gasteiger partial charge on any atom is 0.508 e. The molecule has 0 radical (unpaired) electrons. The summed E-state index contributed by atoms with van der Waals surface area (Å²) in [5.41, 5.74) is 5.13. The zero-order chi connectivity index (χ0) is 18.9. The third-order valence-corrected chi connectivity index (χ3v) is 4.22. The number of hydrogen-bond acceptors (Lipinski definition) is 9. The smallest absolute Gasteiger partial charge is 0.435 e. The number of carbonyl (C=O) groups is 1. The number of aliphatic hydroxyl groups is 2. The number of carbonyl (C=O) groups excluding carboxylic acids is 1. The van der Waals surface area contributed by atoms with E-state index < -0.39 is 30.1 Å². The molecule has 3 heterocycles. The van der Waals surface area contributed by atoms with Crippen LogP contribution in [0.3, 0.4) is 0 Å². The molecule has 1 aliphatic rings. The topological polar surface area (TPSA) is 152 Å². The first kappa shape index (κ1) is 17.9. The minimum Gasteiger partial charge on any atom is -0.435 e. The van der Waals surface area contributed by atoms with E-state index in [9.17, 15) is 20.3 Å². The Balaban J connectivity index is 1.92. The second-order valence-corrected chi connectivity index (χ2v) is 5.74. The Morgan fingerprint density at radius 2 is 2.23 bits per heavy atom. The van der Waals surface area contributed by atoms with Crippen LogP contribution in [0.4, 0.5) is 10.5 Å². The van der Waals surface area contributed by atoms with Crippen LogP contribution in [0.5, 0.6) is 0 Å². The van der Waals surface area contributed by atoms with Crippen molar-refractivity contribution in [1.82, 2.24) is 9.61 Å². The van der Waals surface area contributed by atoms with Crippen LogP contribution >= 0.6 is 0 Å². The zero-order valence-electron chi connectivity index (χ0n) is 13.9. The van der Waals surface area contributed by atoms with E-state index in [2.05, 4.69) is 9.84 Å². The Hall–Kier alpha value is -2.87. The average molecular weight is 362 g/mol. The largest absolute Gasteiger partial charge is 0.508 e. The molecule has 1 fully saturated rings. The van der Waals surface area contributed by atoms with Gasteiger partial charge in [0.2, 0.25) is 5.60 Å². The molecular weight excluding hydrogens is 344 g/mol. The van der Waals surface area contributed by atoms with E-state index in [1.54, 1.807) is 19.1 Å². The van der Waals surface area contributed by atoms with Gasteiger partial charge in [-0.05, 0) is 25.1 Å². The van der Waals surface area contributed by atoms with E-state index in [1.807, 2.05) is 6.07 Å². The highest BCUT2D eigenvalue weighted by Crippen LogP contribution is 2.40. The van der Waals surface area contributed by atoms with E-state index in [0.717, 1.165) is 0 Å². The minimum absolute atomic E-state index is 0.126. The molecule has 4 N–H and O–H groups in total. The van der Waals surface area contributed by atoms with E-state index in [1.165, 1.54) is 16.8 Å². The van der Waals surface area contributed by atoms with Crippen molar-refractivity contribution in [3.63, 3.8) is 0 Å². The van der Waals surface area contributed by atoms with Gasteiger partial charge in [0.05, 0.1) is 23.5 Å². The standard InChI is InChI=1S/C16H18N4O6/c1-2-24-15(23)25-7-11-13(21)14(22)16(8-17,26-11)12-4-3-10-9(18)5-6-19-20(10)12/h3-6,11,13-14,21-22H,2,7,18H2,1H3/t11-,13-,14-,16+/m1/s1. The number of nitriles is 1. The van der Waals surface area contributed by atoms with Crippen molar-refractivity contribution in [3.05, 3.63) is 30.1 Å². The summed E-state index contributed by atoms with van der Waals surface area (Å²) < 4.78 is 16.5. The Morgan fingerprint density at radius 3 is 2.92 bits per heavy atom. The third kappa shape index (κ3) is 2.72. The molecule has 1 aliphatic heterocycles. The predicted octanol–water partition coefficient (Wildman–Crippen LogP) is -0.0709. The van der Waals surface area contributed by atoms with Crippen LogP contribution in [-0.2, 0) is 19.8 Å². The van der Waals surface area contributed by atoms with Gasteiger partial charge in [0, 0.05) is 6.20 Å². The van der Waals surface area contributed by atoms with Crippen molar-refractivity contribution >= 4 is 17.4 Å². The number of nitrogens with zero attached hydrogens (tertiary/aromatic N) is 3. The number of rotatable bonds is 4. The molecule has 0 saturated carbocycles. The monoisotopic (exact) mass is 362 g/mol. The highest BCUT2D eigenvalue weighted by molar-refractivity contribution is 5.69. The highest BCUT2D eigenvalue weighted by Gasteiger charge is 2.57. The Kier molecular flexibility index (Phi) is 4.69. The molecule has 0 unspecified atom stereocenters. The number of aliphatic hydroxyl groups excluding tert-OH is 2. The summed E-state index contributed by atoms with van der Waals surface area (Å²) in [6, 6.07) is 6.66. The number of hydrogen-bond donors (Lipinski definition) is 3. The van der Waals surface area contributed by atoms with Crippen molar-refractivity contribution in [1.29, 1.82) is 5.26 Å². The van der Waals surface area contributed by atoms with Gasteiger partial charge in [-0.15, -0.1) is 0 Å². The number of fused-ring (bicyclic) bond motifs is 1. The van der Waals surface area contributed by atoms with Crippen LogP contribution in [0.15, 0.2) is 24.4 Å². The molecular formula is C16H18N4O6. The zero-order valence-corrected chi connectivity index (χ0v) is 13.9. The van der Waals surface area contributed by atoms with Crippen LogP contribution < -0.4 is 5.73 Å². The summed E-state index contributed by atoms with van der Waals surface area (Å²) in [5, 5.41) is 34.6. The number of anilines is 1. The van der Waals surface area contributed by atoms with Gasteiger partial charge in [0.25, 0.3) is 0 Å². The molecule has 4 atom stereocenters. The van der Waals surface area contributed by atoms with Gasteiger partial charge in [-0.2, -0.15) is 10.4 Å². The maximum absolute atomic E-state index is 11.3. The summed E-state index contributed by atoms with van der Waals surface area (Å²) in [5.74, 6) is 0.